The summed E-state index contributed by atoms with van der Waals surface area (Å²) in [5, 5.41) is 0. The fourth-order valence-corrected chi connectivity index (χ4v) is 5.57. The average molecular weight is 414 g/mol. The van der Waals surface area contributed by atoms with Crippen LogP contribution in [0.25, 0.3) is 0 Å². The number of ketones is 1. The summed E-state index contributed by atoms with van der Waals surface area (Å²) in [6, 6.07) is 25.0. The Balaban J connectivity index is 1.65. The maximum atomic E-state index is 12.8. The number of carbonyl (C=O) groups excluding carboxylic acids is 1. The third kappa shape index (κ3) is 3.51. The number of allylic oxidation sites excluding steroid dienone is 1. The maximum Gasteiger partial charge on any atom is 0.159 e. The van der Waals surface area contributed by atoms with E-state index in [9.17, 15) is 4.79 Å². The van der Waals surface area contributed by atoms with Crippen LogP contribution in [0.3, 0.4) is 0 Å². The van der Waals surface area contributed by atoms with Crippen molar-refractivity contribution < 1.29 is 13.9 Å². The molecule has 1 aliphatic carbocycles. The Bertz CT molecular complexity index is 1060. The van der Waals surface area contributed by atoms with E-state index in [4.69, 9.17) is 9.15 Å². The van der Waals surface area contributed by atoms with E-state index in [0.29, 0.717) is 6.42 Å². The number of fused-ring (bicyclic) bond motifs is 1. The molecule has 158 valence electrons. The lowest BCUT2D eigenvalue weighted by molar-refractivity contribution is -0.120. The molecular weight excluding hydrogens is 386 g/mol. The molecule has 5 rings (SSSR count). The molecule has 1 aromatic heterocycles. The molecule has 0 bridgehead atoms. The van der Waals surface area contributed by atoms with E-state index in [1.807, 2.05) is 24.3 Å². The lowest BCUT2D eigenvalue weighted by Gasteiger charge is -2.54. The topological polar surface area (TPSA) is 42.7 Å². The Kier molecular flexibility index (Phi) is 5.24. The molecule has 3 atom stereocenters. The van der Waals surface area contributed by atoms with Crippen LogP contribution in [0.5, 0.6) is 0 Å². The van der Waals surface area contributed by atoms with Crippen molar-refractivity contribution in [2.45, 2.75) is 30.8 Å². The largest absolute Gasteiger partial charge is 0.501 e. The second kappa shape index (κ2) is 8.20. The number of carbonyl (C=O) groups is 1. The van der Waals surface area contributed by atoms with Gasteiger partial charge in [0.25, 0.3) is 0 Å². The van der Waals surface area contributed by atoms with Crippen LogP contribution in [-0.2, 0) is 21.5 Å². The molecule has 2 aliphatic rings. The van der Waals surface area contributed by atoms with Gasteiger partial charge in [-0.25, -0.2) is 0 Å². The number of methoxy groups -OCH3 is 1. The summed E-state index contributed by atoms with van der Waals surface area (Å²) in [5.41, 5.74) is 2.15. The molecule has 0 saturated carbocycles. The van der Waals surface area contributed by atoms with Crippen LogP contribution >= 0.6 is 0 Å². The van der Waals surface area contributed by atoms with Crippen molar-refractivity contribution in [3.63, 3.8) is 0 Å². The van der Waals surface area contributed by atoms with Gasteiger partial charge in [0.05, 0.1) is 19.4 Å². The van der Waals surface area contributed by atoms with Crippen LogP contribution in [0, 0.1) is 5.92 Å². The molecule has 31 heavy (non-hydrogen) atoms. The molecule has 1 fully saturated rings. The molecule has 3 aromatic rings. The van der Waals surface area contributed by atoms with E-state index in [1.54, 1.807) is 19.4 Å². The fourth-order valence-electron chi connectivity index (χ4n) is 5.57. The van der Waals surface area contributed by atoms with E-state index in [-0.39, 0.29) is 23.2 Å². The van der Waals surface area contributed by atoms with Crippen LogP contribution < -0.4 is 0 Å². The van der Waals surface area contributed by atoms with Gasteiger partial charge in [0.2, 0.25) is 0 Å². The van der Waals surface area contributed by atoms with Gasteiger partial charge in [-0.3, -0.25) is 9.69 Å². The molecule has 2 heterocycles. The number of hydrogen-bond donors (Lipinski definition) is 0. The molecule has 0 spiro atoms. The minimum atomic E-state index is -0.316. The molecular formula is C27H27NO3. The van der Waals surface area contributed by atoms with E-state index in [0.717, 1.165) is 31.0 Å². The van der Waals surface area contributed by atoms with Crippen LogP contribution in [0.1, 0.15) is 35.8 Å². The van der Waals surface area contributed by atoms with Crippen molar-refractivity contribution in [2.75, 3.05) is 13.7 Å². The third-order valence-corrected chi connectivity index (χ3v) is 6.90. The van der Waals surface area contributed by atoms with Crippen LogP contribution in [0.15, 0.2) is 95.3 Å². The van der Waals surface area contributed by atoms with Crippen molar-refractivity contribution in [2.24, 2.45) is 5.92 Å². The van der Waals surface area contributed by atoms with Gasteiger partial charge in [0.15, 0.2) is 5.78 Å². The van der Waals surface area contributed by atoms with Crippen LogP contribution in [0.4, 0.5) is 0 Å². The smallest absolute Gasteiger partial charge is 0.159 e. The lowest BCUT2D eigenvalue weighted by Crippen LogP contribution is -2.54. The number of rotatable bonds is 5. The van der Waals surface area contributed by atoms with Crippen molar-refractivity contribution in [1.82, 2.24) is 4.90 Å². The average Bonchev–Trinajstić information content (AvgIpc) is 3.34. The first-order valence-electron chi connectivity index (χ1n) is 10.9. The summed E-state index contributed by atoms with van der Waals surface area (Å²) in [7, 11) is 1.68. The van der Waals surface area contributed by atoms with Crippen LogP contribution in [0.2, 0.25) is 0 Å². The molecule has 0 amide bonds. The summed E-state index contributed by atoms with van der Waals surface area (Å²) < 4.78 is 11.9. The Hall–Kier alpha value is -3.11. The first-order chi connectivity index (χ1) is 15.2. The van der Waals surface area contributed by atoms with E-state index in [1.165, 1.54) is 11.1 Å². The van der Waals surface area contributed by atoms with Gasteiger partial charge in [0.1, 0.15) is 11.5 Å². The monoisotopic (exact) mass is 413 g/mol. The molecule has 1 saturated heterocycles. The number of nitrogens with zero attached hydrogens (tertiary/aromatic N) is 1. The normalized spacial score (nSPS) is 26.2. The first-order valence-corrected chi connectivity index (χ1v) is 10.9. The molecule has 0 unspecified atom stereocenters. The maximum absolute atomic E-state index is 12.8. The number of likely N-dealkylation sites (tertiary alicyclic amines) is 1. The number of furan rings is 1. The Morgan fingerprint density at radius 3 is 2.45 bits per heavy atom. The van der Waals surface area contributed by atoms with Gasteiger partial charge >= 0.3 is 0 Å². The van der Waals surface area contributed by atoms with Gasteiger partial charge in [-0.1, -0.05) is 60.7 Å². The number of ether oxygens (including phenoxy) is 1. The van der Waals surface area contributed by atoms with Gasteiger partial charge in [-0.15, -0.1) is 0 Å². The molecule has 1 aliphatic heterocycles. The van der Waals surface area contributed by atoms with Gasteiger partial charge in [0, 0.05) is 36.9 Å². The highest BCUT2D eigenvalue weighted by Gasteiger charge is 2.55. The molecule has 0 radical (unpaired) electrons. The van der Waals surface area contributed by atoms with Gasteiger partial charge in [-0.05, 0) is 29.7 Å². The summed E-state index contributed by atoms with van der Waals surface area (Å²) in [6.07, 6.45) is 4.82. The molecule has 4 nitrogen and oxygen atoms in total. The fraction of sp³-hybridized carbons (Fsp3) is 0.296. The van der Waals surface area contributed by atoms with E-state index >= 15 is 0 Å². The highest BCUT2D eigenvalue weighted by molar-refractivity contribution is 5.92. The van der Waals surface area contributed by atoms with Crippen molar-refractivity contribution >= 4 is 5.78 Å². The number of benzene rings is 2. The summed E-state index contributed by atoms with van der Waals surface area (Å²) in [6.45, 7) is 1.69. The Morgan fingerprint density at radius 1 is 1.03 bits per heavy atom. The molecule has 2 aromatic carbocycles. The van der Waals surface area contributed by atoms with Crippen LogP contribution in [-0.4, -0.2) is 24.3 Å². The molecule has 0 N–H and O–H groups in total. The number of hydrogen-bond acceptors (Lipinski definition) is 4. The summed E-state index contributed by atoms with van der Waals surface area (Å²) in [4.78, 5) is 15.3. The van der Waals surface area contributed by atoms with Crippen molar-refractivity contribution in [3.05, 3.63) is 108 Å². The summed E-state index contributed by atoms with van der Waals surface area (Å²) in [5.74, 6) is 1.78. The van der Waals surface area contributed by atoms with Gasteiger partial charge < -0.3 is 9.15 Å². The van der Waals surface area contributed by atoms with Crippen molar-refractivity contribution in [1.29, 1.82) is 0 Å². The van der Waals surface area contributed by atoms with Gasteiger partial charge in [-0.2, -0.15) is 0 Å². The van der Waals surface area contributed by atoms with Crippen molar-refractivity contribution in [3.8, 4) is 0 Å². The Labute approximate surface area is 183 Å². The summed E-state index contributed by atoms with van der Waals surface area (Å²) >= 11 is 0. The highest BCUT2D eigenvalue weighted by atomic mass is 16.5. The third-order valence-electron chi connectivity index (χ3n) is 6.90. The highest BCUT2D eigenvalue weighted by Crippen LogP contribution is 2.56. The lowest BCUT2D eigenvalue weighted by atomic mass is 9.57. The quantitative estimate of drug-likeness (QED) is 0.570. The molecule has 4 heteroatoms. The second-order valence-corrected chi connectivity index (χ2v) is 8.56. The SMILES string of the molecule is COC1=CC(=O)C[C@]2(c3ccccc3)CCN(Cc3ccccc3)[C@@H](c3ccco3)[C@H]12. The Morgan fingerprint density at radius 2 is 1.77 bits per heavy atom. The zero-order chi connectivity index (χ0) is 21.3. The minimum absolute atomic E-state index is 0.0128. The minimum Gasteiger partial charge on any atom is -0.501 e. The standard InChI is InChI=1S/C27H27NO3/c1-30-24-17-22(29)18-27(21-11-6-3-7-12-21)14-15-28(19-20-9-4-2-5-10-20)26(25(24)27)23-13-8-16-31-23/h2-13,16-17,25-26H,14-15,18-19H2,1H3/t25-,26-,27-/m0/s1. The second-order valence-electron chi connectivity index (χ2n) is 8.56. The zero-order valence-corrected chi connectivity index (χ0v) is 17.7. The van der Waals surface area contributed by atoms with E-state index < -0.39 is 0 Å². The predicted molar refractivity (Wildman–Crippen MR) is 119 cm³/mol. The zero-order valence-electron chi connectivity index (χ0n) is 17.7. The first kappa shape index (κ1) is 19.8. The predicted octanol–water partition coefficient (Wildman–Crippen LogP) is 5.28. The van der Waals surface area contributed by atoms with E-state index in [2.05, 4.69) is 53.4 Å². The number of piperidine rings is 1.